The normalized spacial score (nSPS) is 16.8. The van der Waals surface area contributed by atoms with Gasteiger partial charge in [-0.3, -0.25) is 9.88 Å². The van der Waals surface area contributed by atoms with Crippen LogP contribution in [0.4, 0.5) is 0 Å². The Balaban J connectivity index is 1.46. The molecular weight excluding hydrogens is 360 g/mol. The Hall–Kier alpha value is -2.98. The van der Waals surface area contributed by atoms with Crippen molar-refractivity contribution in [3.8, 4) is 11.3 Å². The number of aromatic nitrogens is 1. The van der Waals surface area contributed by atoms with Crippen LogP contribution in [-0.4, -0.2) is 34.0 Å². The number of carboxylic acid groups (broad SMARTS) is 1. The molecule has 148 valence electrons. The van der Waals surface area contributed by atoms with E-state index in [2.05, 4.69) is 53.2 Å². The predicted molar refractivity (Wildman–Crippen MR) is 115 cm³/mol. The number of likely N-dealkylation sites (tertiary alicyclic amines) is 1. The summed E-state index contributed by atoms with van der Waals surface area (Å²) in [6.45, 7) is 5.10. The molecule has 4 rings (SSSR count). The van der Waals surface area contributed by atoms with E-state index in [1.54, 1.807) is 12.1 Å². The first-order valence-electron chi connectivity index (χ1n) is 10.2. The summed E-state index contributed by atoms with van der Waals surface area (Å²) in [4.78, 5) is 18.1. The number of carboxylic acids is 1. The van der Waals surface area contributed by atoms with Gasteiger partial charge in [0.15, 0.2) is 0 Å². The van der Waals surface area contributed by atoms with Crippen molar-refractivity contribution in [2.45, 2.75) is 32.2 Å². The van der Waals surface area contributed by atoms with E-state index in [4.69, 9.17) is 5.11 Å². The van der Waals surface area contributed by atoms with Gasteiger partial charge in [-0.05, 0) is 66.3 Å². The molecule has 0 saturated carbocycles. The lowest BCUT2D eigenvalue weighted by Crippen LogP contribution is -2.19. The monoisotopic (exact) mass is 386 g/mol. The number of hydrogen-bond donors (Lipinski definition) is 1. The van der Waals surface area contributed by atoms with Crippen LogP contribution in [0.25, 0.3) is 11.3 Å². The van der Waals surface area contributed by atoms with Crippen LogP contribution in [0.5, 0.6) is 0 Å². The zero-order valence-corrected chi connectivity index (χ0v) is 16.7. The standard InChI is InChI=1S/C25H26N2O2/c1-2-19-5-3-4-6-23(19)24-15-21(11-13-26-24)22-12-14-27(17-22)16-18-7-9-20(10-8-18)25(28)29/h3-11,13,15,22H,2,12,14,16-17H2,1H3,(H,28,29). The average Bonchev–Trinajstić information content (AvgIpc) is 3.22. The van der Waals surface area contributed by atoms with Crippen molar-refractivity contribution < 1.29 is 9.90 Å². The molecule has 1 fully saturated rings. The van der Waals surface area contributed by atoms with E-state index < -0.39 is 5.97 Å². The largest absolute Gasteiger partial charge is 0.478 e. The van der Waals surface area contributed by atoms with Gasteiger partial charge in [0.1, 0.15) is 0 Å². The number of aryl methyl sites for hydroxylation is 1. The first-order valence-corrected chi connectivity index (χ1v) is 10.2. The summed E-state index contributed by atoms with van der Waals surface area (Å²) in [6, 6.07) is 20.1. The quantitative estimate of drug-likeness (QED) is 0.648. The molecule has 4 heteroatoms. The third-order valence-corrected chi connectivity index (χ3v) is 5.81. The SMILES string of the molecule is CCc1ccccc1-c1cc(C2CCN(Cc3ccc(C(=O)O)cc3)C2)ccn1. The Morgan fingerprint density at radius 1 is 1.14 bits per heavy atom. The van der Waals surface area contributed by atoms with E-state index in [0.717, 1.165) is 43.7 Å². The van der Waals surface area contributed by atoms with Gasteiger partial charge >= 0.3 is 5.97 Å². The van der Waals surface area contributed by atoms with E-state index in [1.807, 2.05) is 18.3 Å². The first kappa shape index (κ1) is 19.3. The summed E-state index contributed by atoms with van der Waals surface area (Å²) in [6.07, 6.45) is 4.07. The molecule has 0 bridgehead atoms. The van der Waals surface area contributed by atoms with Gasteiger partial charge in [-0.15, -0.1) is 0 Å². The molecule has 1 unspecified atom stereocenters. The molecule has 29 heavy (non-hydrogen) atoms. The van der Waals surface area contributed by atoms with Crippen LogP contribution < -0.4 is 0 Å². The molecule has 0 radical (unpaired) electrons. The summed E-state index contributed by atoms with van der Waals surface area (Å²) >= 11 is 0. The molecule has 4 nitrogen and oxygen atoms in total. The van der Waals surface area contributed by atoms with E-state index in [9.17, 15) is 4.79 Å². The summed E-state index contributed by atoms with van der Waals surface area (Å²) in [5.74, 6) is -0.375. The molecule has 0 aliphatic carbocycles. The van der Waals surface area contributed by atoms with Gasteiger partial charge in [0.25, 0.3) is 0 Å². The highest BCUT2D eigenvalue weighted by Crippen LogP contribution is 2.31. The Labute approximate surface area is 171 Å². The fourth-order valence-corrected chi connectivity index (χ4v) is 4.19. The van der Waals surface area contributed by atoms with Crippen LogP contribution in [0.3, 0.4) is 0 Å². The van der Waals surface area contributed by atoms with Crippen molar-refractivity contribution in [3.05, 3.63) is 89.1 Å². The topological polar surface area (TPSA) is 53.4 Å². The minimum absolute atomic E-state index is 0.338. The maximum atomic E-state index is 11.0. The third-order valence-electron chi connectivity index (χ3n) is 5.81. The van der Waals surface area contributed by atoms with Gasteiger partial charge in [-0.25, -0.2) is 4.79 Å². The minimum Gasteiger partial charge on any atom is -0.478 e. The molecule has 1 aromatic heterocycles. The molecule has 1 aliphatic heterocycles. The molecular formula is C25H26N2O2. The van der Waals surface area contributed by atoms with Crippen molar-refractivity contribution in [2.75, 3.05) is 13.1 Å². The Morgan fingerprint density at radius 2 is 1.93 bits per heavy atom. The molecule has 0 spiro atoms. The highest BCUT2D eigenvalue weighted by atomic mass is 16.4. The summed E-state index contributed by atoms with van der Waals surface area (Å²) in [7, 11) is 0. The Bertz CT molecular complexity index is 998. The number of rotatable bonds is 6. The fraction of sp³-hybridized carbons (Fsp3) is 0.280. The number of pyridine rings is 1. The van der Waals surface area contributed by atoms with Gasteiger partial charge in [0.2, 0.25) is 0 Å². The van der Waals surface area contributed by atoms with Crippen LogP contribution in [-0.2, 0) is 13.0 Å². The van der Waals surface area contributed by atoms with Crippen molar-refractivity contribution in [1.29, 1.82) is 0 Å². The highest BCUT2D eigenvalue weighted by molar-refractivity contribution is 5.87. The number of hydrogen-bond acceptors (Lipinski definition) is 3. The lowest BCUT2D eigenvalue weighted by atomic mass is 9.95. The number of aromatic carboxylic acids is 1. The summed E-state index contributed by atoms with van der Waals surface area (Å²) in [5.41, 5.74) is 6.46. The average molecular weight is 386 g/mol. The van der Waals surface area contributed by atoms with Crippen LogP contribution in [0.1, 0.15) is 46.3 Å². The molecule has 1 atom stereocenters. The maximum absolute atomic E-state index is 11.0. The van der Waals surface area contributed by atoms with Crippen LogP contribution >= 0.6 is 0 Å². The minimum atomic E-state index is -0.879. The van der Waals surface area contributed by atoms with Crippen molar-refractivity contribution in [1.82, 2.24) is 9.88 Å². The van der Waals surface area contributed by atoms with Gasteiger partial charge in [0.05, 0.1) is 11.3 Å². The number of nitrogens with zero attached hydrogens (tertiary/aromatic N) is 2. The van der Waals surface area contributed by atoms with E-state index in [-0.39, 0.29) is 0 Å². The van der Waals surface area contributed by atoms with Crippen molar-refractivity contribution >= 4 is 5.97 Å². The molecule has 3 aromatic rings. The molecule has 2 heterocycles. The Kier molecular flexibility index (Phi) is 5.72. The molecule has 2 aromatic carbocycles. The van der Waals surface area contributed by atoms with E-state index >= 15 is 0 Å². The van der Waals surface area contributed by atoms with Gasteiger partial charge < -0.3 is 5.11 Å². The second-order valence-electron chi connectivity index (χ2n) is 7.71. The molecule has 1 saturated heterocycles. The summed E-state index contributed by atoms with van der Waals surface area (Å²) in [5, 5.41) is 9.04. The second-order valence-corrected chi connectivity index (χ2v) is 7.71. The zero-order valence-electron chi connectivity index (χ0n) is 16.7. The number of benzene rings is 2. The summed E-state index contributed by atoms with van der Waals surface area (Å²) < 4.78 is 0. The lowest BCUT2D eigenvalue weighted by Gasteiger charge is -2.17. The van der Waals surface area contributed by atoms with E-state index in [0.29, 0.717) is 11.5 Å². The van der Waals surface area contributed by atoms with Crippen molar-refractivity contribution in [3.63, 3.8) is 0 Å². The molecule has 0 amide bonds. The second kappa shape index (κ2) is 8.58. The van der Waals surface area contributed by atoms with Gasteiger partial charge in [-0.1, -0.05) is 43.3 Å². The van der Waals surface area contributed by atoms with Crippen LogP contribution in [0.2, 0.25) is 0 Å². The smallest absolute Gasteiger partial charge is 0.335 e. The van der Waals surface area contributed by atoms with Gasteiger partial charge in [0, 0.05) is 24.8 Å². The highest BCUT2D eigenvalue weighted by Gasteiger charge is 2.24. The van der Waals surface area contributed by atoms with Gasteiger partial charge in [-0.2, -0.15) is 0 Å². The van der Waals surface area contributed by atoms with E-state index in [1.165, 1.54) is 16.7 Å². The lowest BCUT2D eigenvalue weighted by molar-refractivity contribution is 0.0697. The van der Waals surface area contributed by atoms with Crippen LogP contribution in [0, 0.1) is 0 Å². The maximum Gasteiger partial charge on any atom is 0.335 e. The third kappa shape index (κ3) is 4.38. The fourth-order valence-electron chi connectivity index (χ4n) is 4.19. The van der Waals surface area contributed by atoms with Crippen LogP contribution in [0.15, 0.2) is 66.9 Å². The Morgan fingerprint density at radius 3 is 2.69 bits per heavy atom. The first-order chi connectivity index (χ1) is 14.1. The molecule has 1 aliphatic rings. The zero-order chi connectivity index (χ0) is 20.2. The predicted octanol–water partition coefficient (Wildman–Crippen LogP) is 5.00. The van der Waals surface area contributed by atoms with Crippen molar-refractivity contribution in [2.24, 2.45) is 0 Å². The number of carbonyl (C=O) groups is 1. The molecule has 1 N–H and O–H groups in total.